The van der Waals surface area contributed by atoms with Gasteiger partial charge in [0.15, 0.2) is 6.29 Å². The number of anilines is 1. The Hall–Kier alpha value is -4.27. The molecule has 0 aliphatic carbocycles. The van der Waals surface area contributed by atoms with Gasteiger partial charge in [0.1, 0.15) is 5.75 Å². The van der Waals surface area contributed by atoms with Crippen molar-refractivity contribution in [3.05, 3.63) is 120 Å². The van der Waals surface area contributed by atoms with Gasteiger partial charge < -0.3 is 19.7 Å². The summed E-state index contributed by atoms with van der Waals surface area (Å²) in [6.07, 6.45) is -1.34. The van der Waals surface area contributed by atoms with Crippen molar-refractivity contribution in [1.82, 2.24) is 20.2 Å². The molecular formula is C32H31N5O6S2. The second kappa shape index (κ2) is 13.4. The van der Waals surface area contributed by atoms with Crippen LogP contribution < -0.4 is 4.72 Å². The van der Waals surface area contributed by atoms with Crippen molar-refractivity contribution in [2.24, 2.45) is 5.92 Å². The Morgan fingerprint density at radius 1 is 0.889 bits per heavy atom. The van der Waals surface area contributed by atoms with Gasteiger partial charge in [0.2, 0.25) is 5.16 Å². The van der Waals surface area contributed by atoms with Crippen molar-refractivity contribution in [3.8, 4) is 11.4 Å². The molecule has 0 radical (unpaired) electrons. The molecule has 11 nitrogen and oxygen atoms in total. The fraction of sp³-hybridized carbons (Fsp3) is 0.219. The van der Waals surface area contributed by atoms with Crippen molar-refractivity contribution in [2.75, 3.05) is 10.5 Å². The smallest absolute Gasteiger partial charge is 0.261 e. The number of ether oxygens (including phenoxy) is 2. The van der Waals surface area contributed by atoms with Gasteiger partial charge in [-0.25, -0.2) is 8.42 Å². The van der Waals surface area contributed by atoms with Crippen molar-refractivity contribution < 1.29 is 28.1 Å². The second-order valence-electron chi connectivity index (χ2n) is 10.6. The van der Waals surface area contributed by atoms with E-state index in [1.165, 1.54) is 23.9 Å². The van der Waals surface area contributed by atoms with Crippen LogP contribution >= 0.6 is 11.8 Å². The molecule has 5 aromatic rings. The van der Waals surface area contributed by atoms with Gasteiger partial charge >= 0.3 is 0 Å². The lowest BCUT2D eigenvalue weighted by atomic mass is 9.91. The first-order valence-corrected chi connectivity index (χ1v) is 16.7. The Morgan fingerprint density at radius 3 is 2.27 bits per heavy atom. The number of sulfonamides is 1. The summed E-state index contributed by atoms with van der Waals surface area (Å²) in [6.45, 7) is 2.01. The van der Waals surface area contributed by atoms with Crippen molar-refractivity contribution in [1.29, 1.82) is 0 Å². The van der Waals surface area contributed by atoms with Crippen LogP contribution in [0.2, 0.25) is 0 Å². The van der Waals surface area contributed by atoms with Crippen LogP contribution in [0.25, 0.3) is 5.69 Å². The molecule has 1 saturated heterocycles. The quantitative estimate of drug-likeness (QED) is 0.172. The Bertz CT molecular complexity index is 1820. The summed E-state index contributed by atoms with van der Waals surface area (Å²) in [7, 11) is -3.74. The molecule has 2 heterocycles. The van der Waals surface area contributed by atoms with Gasteiger partial charge in [0.05, 0.1) is 29.4 Å². The Morgan fingerprint density at radius 2 is 1.58 bits per heavy atom. The topological polar surface area (TPSA) is 149 Å². The highest BCUT2D eigenvalue weighted by molar-refractivity contribution is 7.99. The summed E-state index contributed by atoms with van der Waals surface area (Å²) >= 11 is 1.44. The molecule has 1 fully saturated rings. The number of aromatic hydroxyl groups is 1. The van der Waals surface area contributed by atoms with Gasteiger partial charge in [0.25, 0.3) is 10.0 Å². The van der Waals surface area contributed by atoms with E-state index in [0.29, 0.717) is 22.3 Å². The molecule has 1 aliphatic heterocycles. The van der Waals surface area contributed by atoms with E-state index in [1.807, 2.05) is 24.3 Å². The average Bonchev–Trinajstić information content (AvgIpc) is 3.54. The van der Waals surface area contributed by atoms with E-state index in [9.17, 15) is 18.6 Å². The molecule has 3 N–H and O–H groups in total. The van der Waals surface area contributed by atoms with E-state index in [4.69, 9.17) is 9.47 Å². The third kappa shape index (κ3) is 7.02. The lowest BCUT2D eigenvalue weighted by molar-refractivity contribution is -0.268. The third-order valence-corrected chi connectivity index (χ3v) is 9.93. The zero-order valence-corrected chi connectivity index (χ0v) is 25.8. The number of tetrazole rings is 1. The molecule has 13 heteroatoms. The predicted molar refractivity (Wildman–Crippen MR) is 168 cm³/mol. The molecule has 0 amide bonds. The molecule has 1 aliphatic rings. The summed E-state index contributed by atoms with van der Waals surface area (Å²) in [5.74, 6) is 0.597. The number of rotatable bonds is 10. The number of phenols is 1. The van der Waals surface area contributed by atoms with Crippen LogP contribution in [-0.4, -0.2) is 50.7 Å². The number of thioether (sulfide) groups is 1. The van der Waals surface area contributed by atoms with E-state index in [1.54, 1.807) is 71.4 Å². The van der Waals surface area contributed by atoms with Crippen LogP contribution in [0, 0.1) is 5.92 Å². The van der Waals surface area contributed by atoms with E-state index < -0.39 is 16.3 Å². The monoisotopic (exact) mass is 645 g/mol. The highest BCUT2D eigenvalue weighted by Crippen LogP contribution is 2.43. The van der Waals surface area contributed by atoms with Gasteiger partial charge in [0, 0.05) is 22.9 Å². The first-order valence-electron chi connectivity index (χ1n) is 14.2. The minimum absolute atomic E-state index is 0.0531. The van der Waals surface area contributed by atoms with Gasteiger partial charge in [-0.3, -0.25) is 4.72 Å². The maximum atomic E-state index is 12.8. The van der Waals surface area contributed by atoms with Crippen molar-refractivity contribution in [3.63, 3.8) is 0 Å². The number of hydrogen-bond donors (Lipinski definition) is 3. The third-order valence-electron chi connectivity index (χ3n) is 7.52. The maximum absolute atomic E-state index is 12.8. The molecule has 232 valence electrons. The van der Waals surface area contributed by atoms with Crippen LogP contribution in [0.1, 0.15) is 36.0 Å². The first-order chi connectivity index (χ1) is 21.8. The number of hydrogen-bond acceptors (Lipinski definition) is 10. The van der Waals surface area contributed by atoms with Gasteiger partial charge in [-0.2, -0.15) is 4.68 Å². The first kappa shape index (κ1) is 30.7. The number of aliphatic hydroxyl groups excluding tert-OH is 1. The lowest BCUT2D eigenvalue weighted by Crippen LogP contribution is -2.38. The fourth-order valence-corrected chi connectivity index (χ4v) is 7.15. The standard InChI is InChI=1S/C32H31N5O6S2/c1-21-29(20-44-32-33-35-36-37(32)26-15-17-27(39)18-16-26)42-31(43-30(21)23-9-7-22(19-38)8-10-23)24-11-13-25(14-12-24)34-45(40,41)28-5-3-2-4-6-28/h2-18,21,29-31,34,38-39H,19-20H2,1H3. The molecule has 45 heavy (non-hydrogen) atoms. The number of aromatic nitrogens is 4. The summed E-state index contributed by atoms with van der Waals surface area (Å²) in [6, 6.07) is 29.4. The molecule has 0 spiro atoms. The summed E-state index contributed by atoms with van der Waals surface area (Å²) in [5.41, 5.74) is 3.60. The highest BCUT2D eigenvalue weighted by atomic mass is 32.2. The maximum Gasteiger partial charge on any atom is 0.261 e. The van der Waals surface area contributed by atoms with E-state index >= 15 is 0 Å². The van der Waals surface area contributed by atoms with Crippen molar-refractivity contribution in [2.45, 2.75) is 42.1 Å². The molecule has 0 bridgehead atoms. The second-order valence-corrected chi connectivity index (χ2v) is 13.2. The molecule has 4 aromatic carbocycles. The van der Waals surface area contributed by atoms with Crippen molar-refractivity contribution >= 4 is 27.5 Å². The zero-order chi connectivity index (χ0) is 31.4. The minimum Gasteiger partial charge on any atom is -0.508 e. The highest BCUT2D eigenvalue weighted by Gasteiger charge is 2.38. The van der Waals surface area contributed by atoms with Crippen LogP contribution in [0.5, 0.6) is 5.75 Å². The van der Waals surface area contributed by atoms with Crippen LogP contribution in [0.3, 0.4) is 0 Å². The summed E-state index contributed by atoms with van der Waals surface area (Å²) < 4.78 is 42.9. The SMILES string of the molecule is CC1C(CSc2nnnn2-c2ccc(O)cc2)OC(c2ccc(NS(=O)(=O)c3ccccc3)cc2)OC1c1ccc(CO)cc1. The van der Waals surface area contributed by atoms with Crippen LogP contribution in [-0.2, 0) is 26.1 Å². The Kier molecular flexibility index (Phi) is 9.14. The largest absolute Gasteiger partial charge is 0.508 e. The molecular weight excluding hydrogens is 615 g/mol. The Balaban J connectivity index is 1.23. The number of aliphatic hydroxyl groups is 1. The number of benzene rings is 4. The van der Waals surface area contributed by atoms with E-state index in [0.717, 1.165) is 16.7 Å². The normalized spacial score (nSPS) is 20.1. The van der Waals surface area contributed by atoms with Gasteiger partial charge in [-0.1, -0.05) is 73.3 Å². The summed E-state index contributed by atoms with van der Waals surface area (Å²) in [4.78, 5) is 0.175. The number of phenolic OH excluding ortho intramolecular Hbond substituents is 1. The number of nitrogens with zero attached hydrogens (tertiary/aromatic N) is 4. The molecule has 6 rings (SSSR count). The van der Waals surface area contributed by atoms with Crippen LogP contribution in [0.15, 0.2) is 113 Å². The zero-order valence-electron chi connectivity index (χ0n) is 24.2. The average molecular weight is 646 g/mol. The molecule has 4 atom stereocenters. The molecule has 0 saturated carbocycles. The minimum atomic E-state index is -3.74. The Labute approximate surface area is 264 Å². The number of nitrogens with one attached hydrogen (secondary N) is 1. The van der Waals surface area contributed by atoms with Gasteiger partial charge in [-0.05, 0) is 70.1 Å². The predicted octanol–water partition coefficient (Wildman–Crippen LogP) is 5.24. The van der Waals surface area contributed by atoms with Gasteiger partial charge in [-0.15, -0.1) is 5.10 Å². The lowest BCUT2D eigenvalue weighted by Gasteiger charge is -2.41. The summed E-state index contributed by atoms with van der Waals surface area (Å²) in [5, 5.41) is 31.9. The molecule has 1 aromatic heterocycles. The van der Waals surface area contributed by atoms with E-state index in [-0.39, 0.29) is 35.4 Å². The fourth-order valence-electron chi connectivity index (χ4n) is 5.01. The van der Waals surface area contributed by atoms with E-state index in [2.05, 4.69) is 27.2 Å². The molecule has 4 unspecified atom stereocenters. The van der Waals surface area contributed by atoms with Crippen LogP contribution in [0.4, 0.5) is 5.69 Å².